The van der Waals surface area contributed by atoms with Crippen molar-refractivity contribution in [1.82, 2.24) is 24.4 Å². The largest absolute Gasteiger partial charge is 0.491 e. The molecule has 0 radical (unpaired) electrons. The van der Waals surface area contributed by atoms with Crippen LogP contribution in [0.2, 0.25) is 0 Å². The molecule has 8 nitrogen and oxygen atoms in total. The summed E-state index contributed by atoms with van der Waals surface area (Å²) < 4.78 is 14.4. The first-order valence-corrected chi connectivity index (χ1v) is 15.3. The first-order valence-electron chi connectivity index (χ1n) is 14.5. The van der Waals surface area contributed by atoms with Crippen LogP contribution in [0.1, 0.15) is 68.3 Å². The van der Waals surface area contributed by atoms with Crippen LogP contribution >= 0.6 is 11.3 Å². The van der Waals surface area contributed by atoms with Crippen LogP contribution in [0.15, 0.2) is 53.3 Å². The monoisotopic (exact) mass is 581 g/mol. The molecular weight excluding hydrogens is 546 g/mol. The predicted molar refractivity (Wildman–Crippen MR) is 164 cm³/mol. The molecule has 0 N–H and O–H groups in total. The Bertz CT molecular complexity index is 1760. The number of hydrogen-bond acceptors (Lipinski definition) is 8. The quantitative estimate of drug-likeness (QED) is 0.213. The molecule has 0 bridgehead atoms. The van der Waals surface area contributed by atoms with Gasteiger partial charge < -0.3 is 9.26 Å². The number of pyridine rings is 1. The number of Topliss-reactive ketones (excluding diaryl/α,β-unsaturated/α-hetero) is 1. The summed E-state index contributed by atoms with van der Waals surface area (Å²) in [5.41, 5.74) is 3.89. The Kier molecular flexibility index (Phi) is 8.09. The average Bonchev–Trinajstić information content (AvgIpc) is 3.68. The number of likely N-dealkylation sites (tertiary alicyclic amines) is 1. The number of benzene rings is 1. The number of rotatable bonds is 8. The fourth-order valence-electron chi connectivity index (χ4n) is 5.06. The topological polar surface area (TPSA) is 85.8 Å². The van der Waals surface area contributed by atoms with Gasteiger partial charge in [-0.05, 0) is 49.5 Å². The number of aromatic nitrogens is 4. The number of piperidine rings is 1. The van der Waals surface area contributed by atoms with Crippen molar-refractivity contribution in [3.05, 3.63) is 77.1 Å². The normalized spacial score (nSPS) is 14.3. The Labute approximate surface area is 249 Å². The van der Waals surface area contributed by atoms with Gasteiger partial charge in [0.2, 0.25) is 0 Å². The number of ether oxygens (including phenoxy) is 1. The van der Waals surface area contributed by atoms with Crippen molar-refractivity contribution in [2.75, 3.05) is 26.2 Å². The lowest BCUT2D eigenvalue weighted by Gasteiger charge is -2.26. The molecule has 9 heteroatoms. The van der Waals surface area contributed by atoms with Gasteiger partial charge in [-0.25, -0.2) is 9.97 Å². The van der Waals surface area contributed by atoms with Crippen molar-refractivity contribution in [1.29, 1.82) is 0 Å². The van der Waals surface area contributed by atoms with Crippen LogP contribution in [-0.4, -0.2) is 56.4 Å². The second kappa shape index (κ2) is 12.1. The minimum absolute atomic E-state index is 0.0950. The molecule has 1 aliphatic rings. The molecule has 0 saturated carbocycles. The van der Waals surface area contributed by atoms with Gasteiger partial charge in [0.05, 0.1) is 23.0 Å². The standard InChI is InChI=1S/C33H35N5O3S/c1-33(2,3)30-19-26(36-41-30)18-27(39)17-24-9-7-23(8-10-24)11-12-25-22-38-31-29(42-32(38)35-25)20-28(21-34-31)40-16-15-37-13-5-4-6-14-37/h7-10,19-22H,4-6,13-18H2,1-3H3. The Hall–Kier alpha value is -4.00. The summed E-state index contributed by atoms with van der Waals surface area (Å²) in [6, 6.07) is 11.7. The van der Waals surface area contributed by atoms with Gasteiger partial charge in [0.15, 0.2) is 10.6 Å². The maximum Gasteiger partial charge on any atom is 0.197 e. The SMILES string of the molecule is CC(C)(C)c1cc(CC(=O)Cc2ccc(C#Cc3cn4c(n3)sc3cc(OCCN5CCCCC5)cnc34)cc2)no1. The molecule has 0 unspecified atom stereocenters. The molecule has 1 aromatic carbocycles. The number of ketones is 1. The lowest BCUT2D eigenvalue weighted by atomic mass is 9.93. The van der Waals surface area contributed by atoms with Crippen LogP contribution < -0.4 is 4.74 Å². The van der Waals surface area contributed by atoms with E-state index in [1.54, 1.807) is 17.5 Å². The van der Waals surface area contributed by atoms with Crippen molar-refractivity contribution in [3.8, 4) is 17.6 Å². The number of imidazole rings is 1. The van der Waals surface area contributed by atoms with E-state index < -0.39 is 0 Å². The molecular formula is C33H35N5O3S. The van der Waals surface area contributed by atoms with Crippen LogP contribution in [0.25, 0.3) is 15.3 Å². The Balaban J connectivity index is 1.05. The van der Waals surface area contributed by atoms with Crippen molar-refractivity contribution < 1.29 is 14.1 Å². The van der Waals surface area contributed by atoms with Crippen LogP contribution in [0.5, 0.6) is 5.75 Å². The minimum atomic E-state index is -0.131. The third-order valence-corrected chi connectivity index (χ3v) is 8.39. The summed E-state index contributed by atoms with van der Waals surface area (Å²) in [6.45, 7) is 10.1. The molecule has 1 saturated heterocycles. The zero-order chi connectivity index (χ0) is 29.1. The second-order valence-electron chi connectivity index (χ2n) is 11.9. The fourth-order valence-corrected chi connectivity index (χ4v) is 6.05. The lowest BCUT2D eigenvalue weighted by Crippen LogP contribution is -2.33. The number of nitrogens with zero attached hydrogens (tertiary/aromatic N) is 5. The molecule has 1 aliphatic heterocycles. The van der Waals surface area contributed by atoms with Crippen LogP contribution in [0.4, 0.5) is 0 Å². The second-order valence-corrected chi connectivity index (χ2v) is 12.9. The smallest absolute Gasteiger partial charge is 0.197 e. The third kappa shape index (κ3) is 6.72. The molecule has 5 heterocycles. The molecule has 1 fully saturated rings. The van der Waals surface area contributed by atoms with Gasteiger partial charge in [-0.2, -0.15) is 0 Å². The maximum absolute atomic E-state index is 12.6. The summed E-state index contributed by atoms with van der Waals surface area (Å²) in [4.78, 5) is 25.2. The van der Waals surface area contributed by atoms with E-state index in [1.165, 1.54) is 32.4 Å². The Morgan fingerprint density at radius 3 is 2.64 bits per heavy atom. The maximum atomic E-state index is 12.6. The molecule has 0 aliphatic carbocycles. The van der Waals surface area contributed by atoms with Gasteiger partial charge in [0, 0.05) is 42.3 Å². The van der Waals surface area contributed by atoms with Crippen molar-refractivity contribution >= 4 is 32.4 Å². The predicted octanol–water partition coefficient (Wildman–Crippen LogP) is 5.85. The van der Waals surface area contributed by atoms with Gasteiger partial charge >= 0.3 is 0 Å². The van der Waals surface area contributed by atoms with E-state index >= 15 is 0 Å². The summed E-state index contributed by atoms with van der Waals surface area (Å²) in [5.74, 6) is 8.02. The van der Waals surface area contributed by atoms with E-state index in [4.69, 9.17) is 14.2 Å². The Morgan fingerprint density at radius 1 is 1.07 bits per heavy atom. The van der Waals surface area contributed by atoms with Gasteiger partial charge in [0.25, 0.3) is 0 Å². The highest BCUT2D eigenvalue weighted by atomic mass is 32.1. The van der Waals surface area contributed by atoms with E-state index in [2.05, 4.69) is 47.7 Å². The summed E-state index contributed by atoms with van der Waals surface area (Å²) in [5, 5.41) is 4.06. The van der Waals surface area contributed by atoms with E-state index in [1.807, 2.05) is 47.0 Å². The van der Waals surface area contributed by atoms with Gasteiger partial charge in [0.1, 0.15) is 29.6 Å². The third-order valence-electron chi connectivity index (χ3n) is 7.40. The minimum Gasteiger partial charge on any atom is -0.491 e. The summed E-state index contributed by atoms with van der Waals surface area (Å²) in [6.07, 6.45) is 8.23. The van der Waals surface area contributed by atoms with E-state index in [0.29, 0.717) is 24.4 Å². The molecule has 0 atom stereocenters. The zero-order valence-corrected chi connectivity index (χ0v) is 25.2. The first kappa shape index (κ1) is 28.1. The number of thiazole rings is 1. The van der Waals surface area contributed by atoms with Crippen LogP contribution in [0.3, 0.4) is 0 Å². The first-order chi connectivity index (χ1) is 20.3. The van der Waals surface area contributed by atoms with E-state index in [-0.39, 0.29) is 17.6 Å². The highest BCUT2D eigenvalue weighted by Crippen LogP contribution is 2.28. The number of carbonyl (C=O) groups excluding carboxylic acids is 1. The zero-order valence-electron chi connectivity index (χ0n) is 24.4. The molecule has 5 aromatic rings. The van der Waals surface area contributed by atoms with Crippen LogP contribution in [0, 0.1) is 11.8 Å². The van der Waals surface area contributed by atoms with E-state index in [9.17, 15) is 4.79 Å². The van der Waals surface area contributed by atoms with Crippen molar-refractivity contribution in [2.24, 2.45) is 0 Å². The molecule has 42 heavy (non-hydrogen) atoms. The lowest BCUT2D eigenvalue weighted by molar-refractivity contribution is -0.117. The molecule has 216 valence electrons. The number of carbonyl (C=O) groups is 1. The fraction of sp³-hybridized carbons (Fsp3) is 0.394. The molecule has 4 aromatic heterocycles. The van der Waals surface area contributed by atoms with Crippen molar-refractivity contribution in [3.63, 3.8) is 0 Å². The number of fused-ring (bicyclic) bond motifs is 3. The van der Waals surface area contributed by atoms with Gasteiger partial charge in [-0.1, -0.05) is 61.7 Å². The van der Waals surface area contributed by atoms with Crippen molar-refractivity contribution in [2.45, 2.75) is 58.3 Å². The van der Waals surface area contributed by atoms with Gasteiger partial charge in [-0.3, -0.25) is 14.1 Å². The average molecular weight is 582 g/mol. The highest BCUT2D eigenvalue weighted by Gasteiger charge is 2.20. The summed E-state index contributed by atoms with van der Waals surface area (Å²) >= 11 is 1.58. The Morgan fingerprint density at radius 2 is 1.88 bits per heavy atom. The summed E-state index contributed by atoms with van der Waals surface area (Å²) in [7, 11) is 0. The molecule has 6 rings (SSSR count). The van der Waals surface area contributed by atoms with Gasteiger partial charge in [-0.15, -0.1) is 0 Å². The molecule has 0 amide bonds. The highest BCUT2D eigenvalue weighted by molar-refractivity contribution is 7.23. The number of hydrogen-bond donors (Lipinski definition) is 0. The van der Waals surface area contributed by atoms with E-state index in [0.717, 1.165) is 44.5 Å². The molecule has 0 spiro atoms. The van der Waals surface area contributed by atoms with Crippen LogP contribution in [-0.2, 0) is 23.1 Å².